The Kier molecular flexibility index (Phi) is 5.15. The predicted molar refractivity (Wildman–Crippen MR) is 69.3 cm³/mol. The van der Waals surface area contributed by atoms with Crippen molar-refractivity contribution in [2.45, 2.75) is 32.2 Å². The SMILES string of the molecule is CC(C(=O)N1CCCC1)N(C)CCC(N)=S. The van der Waals surface area contributed by atoms with Crippen LogP contribution < -0.4 is 5.73 Å². The molecule has 0 aromatic heterocycles. The molecule has 0 spiro atoms. The number of rotatable bonds is 5. The molecule has 4 nitrogen and oxygen atoms in total. The third-order valence-corrected chi connectivity index (χ3v) is 3.35. The van der Waals surface area contributed by atoms with E-state index in [9.17, 15) is 4.79 Å². The summed E-state index contributed by atoms with van der Waals surface area (Å²) in [7, 11) is 1.94. The Balaban J connectivity index is 2.39. The molecule has 5 heteroatoms. The minimum atomic E-state index is -0.0764. The van der Waals surface area contributed by atoms with Crippen LogP contribution in [0.3, 0.4) is 0 Å². The largest absolute Gasteiger partial charge is 0.393 e. The first-order valence-electron chi connectivity index (χ1n) is 5.79. The second-order valence-electron chi connectivity index (χ2n) is 4.41. The number of carbonyl (C=O) groups excluding carboxylic acids is 1. The maximum atomic E-state index is 12.1. The average Bonchev–Trinajstić information content (AvgIpc) is 2.77. The maximum Gasteiger partial charge on any atom is 0.239 e. The van der Waals surface area contributed by atoms with Gasteiger partial charge < -0.3 is 10.6 Å². The first kappa shape index (κ1) is 13.4. The number of hydrogen-bond donors (Lipinski definition) is 1. The Morgan fingerprint density at radius 3 is 2.56 bits per heavy atom. The van der Waals surface area contributed by atoms with Crippen LogP contribution in [-0.2, 0) is 4.79 Å². The summed E-state index contributed by atoms with van der Waals surface area (Å²) in [6.07, 6.45) is 2.94. The summed E-state index contributed by atoms with van der Waals surface area (Å²) in [5.74, 6) is 0.225. The molecule has 92 valence electrons. The zero-order valence-electron chi connectivity index (χ0n) is 10.1. The molecular weight excluding hydrogens is 222 g/mol. The van der Waals surface area contributed by atoms with Crippen molar-refractivity contribution in [2.75, 3.05) is 26.7 Å². The van der Waals surface area contributed by atoms with Gasteiger partial charge >= 0.3 is 0 Å². The molecule has 1 unspecified atom stereocenters. The molecule has 1 heterocycles. The summed E-state index contributed by atoms with van der Waals surface area (Å²) in [6.45, 7) is 4.51. The van der Waals surface area contributed by atoms with E-state index in [1.165, 1.54) is 0 Å². The Morgan fingerprint density at radius 2 is 2.06 bits per heavy atom. The molecule has 1 atom stereocenters. The topological polar surface area (TPSA) is 49.6 Å². The van der Waals surface area contributed by atoms with Gasteiger partial charge in [-0.2, -0.15) is 0 Å². The van der Waals surface area contributed by atoms with Crippen LogP contribution in [0, 0.1) is 0 Å². The number of carbonyl (C=O) groups is 1. The van der Waals surface area contributed by atoms with Gasteiger partial charge in [0.15, 0.2) is 0 Å². The van der Waals surface area contributed by atoms with Crippen molar-refractivity contribution >= 4 is 23.1 Å². The van der Waals surface area contributed by atoms with E-state index in [4.69, 9.17) is 18.0 Å². The lowest BCUT2D eigenvalue weighted by Gasteiger charge is -2.27. The Labute approximate surface area is 103 Å². The maximum absolute atomic E-state index is 12.1. The summed E-state index contributed by atoms with van der Waals surface area (Å²) < 4.78 is 0. The highest BCUT2D eigenvalue weighted by Crippen LogP contribution is 2.11. The molecule has 0 saturated carbocycles. The molecule has 1 aliphatic heterocycles. The Hall–Kier alpha value is -0.680. The number of likely N-dealkylation sites (tertiary alicyclic amines) is 1. The van der Waals surface area contributed by atoms with Crippen LogP contribution in [0.15, 0.2) is 0 Å². The van der Waals surface area contributed by atoms with Crippen molar-refractivity contribution in [1.29, 1.82) is 0 Å². The third-order valence-electron chi connectivity index (χ3n) is 3.15. The van der Waals surface area contributed by atoms with Gasteiger partial charge in [0.2, 0.25) is 5.91 Å². The quantitative estimate of drug-likeness (QED) is 0.719. The smallest absolute Gasteiger partial charge is 0.239 e. The summed E-state index contributed by atoms with van der Waals surface area (Å²) in [4.78, 5) is 16.5. The van der Waals surface area contributed by atoms with Crippen LogP contribution in [0.5, 0.6) is 0 Å². The minimum Gasteiger partial charge on any atom is -0.393 e. The van der Waals surface area contributed by atoms with E-state index in [0.29, 0.717) is 11.4 Å². The molecular formula is C11H21N3OS. The van der Waals surface area contributed by atoms with E-state index >= 15 is 0 Å². The van der Waals surface area contributed by atoms with Gasteiger partial charge in [0, 0.05) is 26.1 Å². The Morgan fingerprint density at radius 1 is 1.50 bits per heavy atom. The lowest BCUT2D eigenvalue weighted by atomic mass is 10.2. The summed E-state index contributed by atoms with van der Waals surface area (Å²) in [5.41, 5.74) is 5.45. The first-order valence-corrected chi connectivity index (χ1v) is 6.20. The van der Waals surface area contributed by atoms with E-state index < -0.39 is 0 Å². The van der Waals surface area contributed by atoms with Crippen molar-refractivity contribution in [1.82, 2.24) is 9.80 Å². The van der Waals surface area contributed by atoms with E-state index in [-0.39, 0.29) is 11.9 Å². The fourth-order valence-corrected chi connectivity index (χ4v) is 1.96. The molecule has 1 fully saturated rings. The van der Waals surface area contributed by atoms with Gasteiger partial charge in [-0.3, -0.25) is 9.69 Å². The summed E-state index contributed by atoms with van der Waals surface area (Å²) in [6, 6.07) is -0.0764. The van der Waals surface area contributed by atoms with Crippen molar-refractivity contribution in [3.63, 3.8) is 0 Å². The third kappa shape index (κ3) is 3.72. The predicted octanol–water partition coefficient (Wildman–Crippen LogP) is 0.605. The van der Waals surface area contributed by atoms with Crippen LogP contribution in [0.2, 0.25) is 0 Å². The van der Waals surface area contributed by atoms with Crippen molar-refractivity contribution in [2.24, 2.45) is 5.73 Å². The van der Waals surface area contributed by atoms with E-state index in [2.05, 4.69) is 0 Å². The molecule has 0 aliphatic carbocycles. The van der Waals surface area contributed by atoms with Crippen LogP contribution in [0.1, 0.15) is 26.2 Å². The molecule has 1 rings (SSSR count). The zero-order chi connectivity index (χ0) is 12.1. The van der Waals surface area contributed by atoms with Crippen molar-refractivity contribution in [3.05, 3.63) is 0 Å². The van der Waals surface area contributed by atoms with Crippen molar-refractivity contribution in [3.8, 4) is 0 Å². The normalized spacial score (nSPS) is 17.8. The van der Waals surface area contributed by atoms with E-state index in [1.807, 2.05) is 23.8 Å². The number of hydrogen-bond acceptors (Lipinski definition) is 3. The van der Waals surface area contributed by atoms with Crippen LogP contribution in [-0.4, -0.2) is 53.4 Å². The van der Waals surface area contributed by atoms with Crippen LogP contribution in [0.25, 0.3) is 0 Å². The fraction of sp³-hybridized carbons (Fsp3) is 0.818. The van der Waals surface area contributed by atoms with Gasteiger partial charge in [-0.1, -0.05) is 12.2 Å². The average molecular weight is 243 g/mol. The van der Waals surface area contributed by atoms with E-state index in [1.54, 1.807) is 0 Å². The number of likely N-dealkylation sites (N-methyl/N-ethyl adjacent to an activating group) is 1. The lowest BCUT2D eigenvalue weighted by molar-refractivity contribution is -0.134. The van der Waals surface area contributed by atoms with Gasteiger partial charge in [0.05, 0.1) is 11.0 Å². The van der Waals surface area contributed by atoms with Gasteiger partial charge in [-0.25, -0.2) is 0 Å². The second-order valence-corrected chi connectivity index (χ2v) is 4.93. The monoisotopic (exact) mass is 243 g/mol. The van der Waals surface area contributed by atoms with Gasteiger partial charge in [-0.05, 0) is 26.8 Å². The van der Waals surface area contributed by atoms with Crippen LogP contribution >= 0.6 is 12.2 Å². The van der Waals surface area contributed by atoms with Gasteiger partial charge in [0.25, 0.3) is 0 Å². The molecule has 0 aromatic carbocycles. The molecule has 0 bridgehead atoms. The highest BCUT2D eigenvalue weighted by Gasteiger charge is 2.25. The Bertz CT molecular complexity index is 264. The highest BCUT2D eigenvalue weighted by molar-refractivity contribution is 7.80. The van der Waals surface area contributed by atoms with Crippen molar-refractivity contribution < 1.29 is 4.79 Å². The number of nitrogens with two attached hydrogens (primary N) is 1. The zero-order valence-corrected chi connectivity index (χ0v) is 10.9. The lowest BCUT2D eigenvalue weighted by Crippen LogP contribution is -2.45. The van der Waals surface area contributed by atoms with Crippen LogP contribution in [0.4, 0.5) is 0 Å². The second kappa shape index (κ2) is 6.15. The van der Waals surface area contributed by atoms with Gasteiger partial charge in [-0.15, -0.1) is 0 Å². The molecule has 1 saturated heterocycles. The van der Waals surface area contributed by atoms with E-state index in [0.717, 1.165) is 32.5 Å². The number of amides is 1. The fourth-order valence-electron chi connectivity index (χ4n) is 1.87. The minimum absolute atomic E-state index is 0.0764. The molecule has 16 heavy (non-hydrogen) atoms. The standard InChI is InChI=1S/C11H21N3OS/c1-9(13(2)8-5-10(12)16)11(15)14-6-3-4-7-14/h9H,3-8H2,1-2H3,(H2,12,16). The molecule has 0 aromatic rings. The summed E-state index contributed by atoms with van der Waals surface area (Å²) in [5, 5.41) is 0. The molecule has 1 aliphatic rings. The number of thiocarbonyl (C=S) groups is 1. The molecule has 2 N–H and O–H groups in total. The molecule has 0 radical (unpaired) electrons. The first-order chi connectivity index (χ1) is 7.52. The van der Waals surface area contributed by atoms with Gasteiger partial charge in [0.1, 0.15) is 0 Å². The summed E-state index contributed by atoms with van der Waals surface area (Å²) >= 11 is 4.83. The number of nitrogens with zero attached hydrogens (tertiary/aromatic N) is 2. The highest BCUT2D eigenvalue weighted by atomic mass is 32.1. The molecule has 1 amide bonds.